The molecule has 0 atom stereocenters. The number of carbonyl (C=O) groups is 2. The van der Waals surface area contributed by atoms with Crippen molar-refractivity contribution in [3.05, 3.63) is 55.5 Å². The highest BCUT2D eigenvalue weighted by atomic mass is 32.1. The van der Waals surface area contributed by atoms with Crippen molar-refractivity contribution >= 4 is 39.5 Å². The van der Waals surface area contributed by atoms with Gasteiger partial charge in [0, 0.05) is 46.3 Å². The second-order valence-corrected chi connectivity index (χ2v) is 11.8. The zero-order chi connectivity index (χ0) is 24.7. The molecular weight excluding hydrogens is 476 g/mol. The van der Waals surface area contributed by atoms with Crippen molar-refractivity contribution in [3.63, 3.8) is 0 Å². The molecule has 0 unspecified atom stereocenters. The topological polar surface area (TPSA) is 66.4 Å². The van der Waals surface area contributed by atoms with E-state index >= 15 is 0 Å². The Labute approximate surface area is 215 Å². The minimum Gasteiger partial charge on any atom is -0.334 e. The van der Waals surface area contributed by atoms with E-state index in [-0.39, 0.29) is 11.8 Å². The number of likely N-dealkylation sites (N-methyl/N-ethyl adjacent to an activating group) is 1. The number of Topliss-reactive ketones (excluding diaryl/α,β-unsaturated/α-hetero) is 1. The number of aryl methyl sites for hydroxylation is 3. The number of anilines is 1. The molecule has 3 aromatic rings. The highest BCUT2D eigenvalue weighted by Gasteiger charge is 2.27. The van der Waals surface area contributed by atoms with Gasteiger partial charge in [-0.15, -0.1) is 22.7 Å². The van der Waals surface area contributed by atoms with E-state index in [0.717, 1.165) is 57.3 Å². The minimum atomic E-state index is -0.246. The van der Waals surface area contributed by atoms with Crippen LogP contribution in [0.1, 0.15) is 74.9 Å². The lowest BCUT2D eigenvalue weighted by Gasteiger charge is -2.25. The van der Waals surface area contributed by atoms with Crippen LogP contribution in [-0.2, 0) is 32.4 Å². The summed E-state index contributed by atoms with van der Waals surface area (Å²) in [4.78, 5) is 30.6. The molecule has 2 amide bonds. The Bertz CT molecular complexity index is 1260. The van der Waals surface area contributed by atoms with Gasteiger partial charge in [-0.05, 0) is 82.7 Å². The molecule has 6 nitrogen and oxygen atoms in total. The smallest absolute Gasteiger partial charge is 0.320 e. The van der Waals surface area contributed by atoms with E-state index in [1.54, 1.807) is 18.3 Å². The molecule has 186 valence electrons. The Morgan fingerprint density at radius 2 is 1.74 bits per heavy atom. The van der Waals surface area contributed by atoms with Gasteiger partial charge in [-0.1, -0.05) is 6.92 Å². The minimum absolute atomic E-state index is 0.0351. The lowest BCUT2D eigenvalue weighted by atomic mass is 9.94. The van der Waals surface area contributed by atoms with Crippen molar-refractivity contribution in [3.8, 4) is 5.00 Å². The van der Waals surface area contributed by atoms with Gasteiger partial charge in [-0.3, -0.25) is 15.0 Å². The fourth-order valence-corrected chi connectivity index (χ4v) is 8.33. The Morgan fingerprint density at radius 3 is 2.46 bits per heavy atom. The van der Waals surface area contributed by atoms with E-state index in [1.165, 1.54) is 37.3 Å². The molecule has 0 saturated heterocycles. The Morgan fingerprint density at radius 1 is 1.00 bits per heavy atom. The summed E-state index contributed by atoms with van der Waals surface area (Å²) >= 11 is 3.43. The fourth-order valence-electron chi connectivity index (χ4n) is 5.47. The number of nitrogens with zero attached hydrogens (tertiary/aromatic N) is 2. The largest absolute Gasteiger partial charge is 0.334 e. The van der Waals surface area contributed by atoms with Gasteiger partial charge in [0.05, 0.1) is 5.56 Å². The molecule has 5 rings (SSSR count). The van der Waals surface area contributed by atoms with Crippen LogP contribution in [-0.4, -0.2) is 34.4 Å². The molecule has 35 heavy (non-hydrogen) atoms. The number of urea groups is 1. The highest BCUT2D eigenvalue weighted by molar-refractivity contribution is 7.17. The van der Waals surface area contributed by atoms with Gasteiger partial charge in [-0.25, -0.2) is 4.79 Å². The number of nitrogens with one attached hydrogen (secondary N) is 2. The van der Waals surface area contributed by atoms with Crippen LogP contribution in [0.5, 0.6) is 0 Å². The molecule has 3 aromatic heterocycles. The molecule has 1 aliphatic carbocycles. The van der Waals surface area contributed by atoms with Gasteiger partial charge in [0.1, 0.15) is 10.0 Å². The summed E-state index contributed by atoms with van der Waals surface area (Å²) in [6, 6.07) is 4.06. The quantitative estimate of drug-likeness (QED) is 0.400. The first-order chi connectivity index (χ1) is 16.9. The first-order valence-corrected chi connectivity index (χ1v) is 14.2. The van der Waals surface area contributed by atoms with Crippen LogP contribution in [0.3, 0.4) is 0 Å². The van der Waals surface area contributed by atoms with E-state index in [4.69, 9.17) is 0 Å². The predicted octanol–water partition coefficient (Wildman–Crippen LogP) is 6.00. The first-order valence-electron chi connectivity index (χ1n) is 12.6. The zero-order valence-corrected chi connectivity index (χ0v) is 22.7. The Hall–Kier alpha value is -2.42. The average molecular weight is 511 g/mol. The molecule has 0 bridgehead atoms. The number of aromatic nitrogens is 1. The summed E-state index contributed by atoms with van der Waals surface area (Å²) in [7, 11) is 0. The molecule has 1 aliphatic heterocycles. The maximum absolute atomic E-state index is 13.1. The molecule has 4 heterocycles. The second-order valence-electron chi connectivity index (χ2n) is 9.64. The lowest BCUT2D eigenvalue weighted by molar-refractivity contribution is 0.101. The third-order valence-corrected chi connectivity index (χ3v) is 9.77. The summed E-state index contributed by atoms with van der Waals surface area (Å²) in [5.74, 6) is 0.0351. The SMILES string of the molecule is CCN1CCc2c(sc(-n3c(C)ccc3C)c2CNC(=O)Nc2sc3c(c2C(C)=O)CCCC3)C1. The number of thiophene rings is 2. The van der Waals surface area contributed by atoms with Crippen LogP contribution in [0.4, 0.5) is 9.80 Å². The van der Waals surface area contributed by atoms with Gasteiger partial charge in [0.2, 0.25) is 0 Å². The first kappa shape index (κ1) is 24.3. The van der Waals surface area contributed by atoms with Crippen LogP contribution in [0.2, 0.25) is 0 Å². The van der Waals surface area contributed by atoms with Crippen LogP contribution in [0.15, 0.2) is 12.1 Å². The van der Waals surface area contributed by atoms with E-state index < -0.39 is 0 Å². The molecule has 0 aromatic carbocycles. The van der Waals surface area contributed by atoms with Crippen LogP contribution < -0.4 is 10.6 Å². The van der Waals surface area contributed by atoms with Gasteiger partial charge >= 0.3 is 6.03 Å². The molecule has 0 fully saturated rings. The van der Waals surface area contributed by atoms with Crippen LogP contribution in [0.25, 0.3) is 5.00 Å². The predicted molar refractivity (Wildman–Crippen MR) is 145 cm³/mol. The third-order valence-electron chi connectivity index (χ3n) is 7.32. The number of ketones is 1. The van der Waals surface area contributed by atoms with Crippen molar-refractivity contribution < 1.29 is 9.59 Å². The maximum Gasteiger partial charge on any atom is 0.320 e. The number of hydrogen-bond acceptors (Lipinski definition) is 5. The van der Waals surface area contributed by atoms with Crippen molar-refractivity contribution in [2.24, 2.45) is 0 Å². The standard InChI is InChI=1S/C27H34N4O2S2/c1-5-30-13-12-19-21(26(35-23(19)15-30)31-16(2)10-11-17(31)3)14-28-27(33)29-25-24(18(4)32)20-8-6-7-9-22(20)34-25/h10-11H,5-9,12-15H2,1-4H3,(H2,28,29,33). The summed E-state index contributed by atoms with van der Waals surface area (Å²) < 4.78 is 2.31. The van der Waals surface area contributed by atoms with E-state index in [1.807, 2.05) is 11.3 Å². The van der Waals surface area contributed by atoms with E-state index in [0.29, 0.717) is 17.1 Å². The number of fused-ring (bicyclic) bond motifs is 2. The maximum atomic E-state index is 13.1. The number of carbonyl (C=O) groups excluding carboxylic acids is 2. The molecule has 2 aliphatic rings. The zero-order valence-electron chi connectivity index (χ0n) is 21.0. The second kappa shape index (κ2) is 9.91. The van der Waals surface area contributed by atoms with Gasteiger partial charge in [0.15, 0.2) is 5.78 Å². The average Bonchev–Trinajstić information content (AvgIpc) is 3.48. The van der Waals surface area contributed by atoms with Gasteiger partial charge < -0.3 is 9.88 Å². The molecule has 0 spiro atoms. The summed E-state index contributed by atoms with van der Waals surface area (Å²) in [5, 5.41) is 8.05. The molecular formula is C27H34N4O2S2. The highest BCUT2D eigenvalue weighted by Crippen LogP contribution is 2.39. The van der Waals surface area contributed by atoms with Gasteiger partial charge in [-0.2, -0.15) is 0 Å². The number of hydrogen-bond donors (Lipinski definition) is 2. The molecule has 8 heteroatoms. The Balaban J connectivity index is 1.40. The van der Waals surface area contributed by atoms with Gasteiger partial charge in [0.25, 0.3) is 0 Å². The molecule has 0 radical (unpaired) electrons. The number of rotatable bonds is 6. The lowest BCUT2D eigenvalue weighted by Crippen LogP contribution is -2.31. The third kappa shape index (κ3) is 4.59. The summed E-state index contributed by atoms with van der Waals surface area (Å²) in [6.07, 6.45) is 5.19. The van der Waals surface area contributed by atoms with Crippen molar-refractivity contribution in [2.75, 3.05) is 18.4 Å². The van der Waals surface area contributed by atoms with E-state index in [9.17, 15) is 9.59 Å². The summed E-state index contributed by atoms with van der Waals surface area (Å²) in [6.45, 7) is 11.6. The number of amides is 2. The van der Waals surface area contributed by atoms with E-state index in [2.05, 4.69) is 53.0 Å². The van der Waals surface area contributed by atoms with Crippen LogP contribution >= 0.6 is 22.7 Å². The van der Waals surface area contributed by atoms with Crippen molar-refractivity contribution in [1.82, 2.24) is 14.8 Å². The summed E-state index contributed by atoms with van der Waals surface area (Å²) in [5.41, 5.74) is 6.88. The normalized spacial score (nSPS) is 15.5. The monoisotopic (exact) mass is 510 g/mol. The Kier molecular flexibility index (Phi) is 6.88. The molecule has 2 N–H and O–H groups in total. The van der Waals surface area contributed by atoms with Crippen molar-refractivity contribution in [2.45, 2.75) is 72.9 Å². The fraction of sp³-hybridized carbons (Fsp3) is 0.481. The van der Waals surface area contributed by atoms with Crippen LogP contribution in [0, 0.1) is 13.8 Å². The molecule has 0 saturated carbocycles. The van der Waals surface area contributed by atoms with Crippen molar-refractivity contribution in [1.29, 1.82) is 0 Å².